The van der Waals surface area contributed by atoms with Crippen molar-refractivity contribution in [3.8, 4) is 0 Å². The minimum atomic E-state index is 0.155. The first-order valence-electron chi connectivity index (χ1n) is 6.61. The first-order valence-corrected chi connectivity index (χ1v) is 6.61. The smallest absolute Gasteiger partial charge is 0.0901 e. The van der Waals surface area contributed by atoms with E-state index in [0.717, 1.165) is 19.7 Å². The minimum Gasteiger partial charge on any atom is -0.373 e. The van der Waals surface area contributed by atoms with Gasteiger partial charge in [-0.1, -0.05) is 45.4 Å². The Balaban J connectivity index is 1.77. The van der Waals surface area contributed by atoms with E-state index in [9.17, 15) is 0 Å². The van der Waals surface area contributed by atoms with Gasteiger partial charge in [-0.25, -0.2) is 0 Å². The van der Waals surface area contributed by atoms with Crippen LogP contribution in [0.1, 0.15) is 58.8 Å². The van der Waals surface area contributed by atoms with Gasteiger partial charge in [0.05, 0.1) is 5.60 Å². The Labute approximate surface area is 94.8 Å². The Kier molecular flexibility index (Phi) is 6.26. The van der Waals surface area contributed by atoms with Crippen LogP contribution >= 0.6 is 0 Å². The van der Waals surface area contributed by atoms with Gasteiger partial charge in [-0.05, 0) is 13.3 Å². The summed E-state index contributed by atoms with van der Waals surface area (Å²) in [5.41, 5.74) is 0.155. The summed E-state index contributed by atoms with van der Waals surface area (Å²) < 4.78 is 5.83. The van der Waals surface area contributed by atoms with E-state index in [1.165, 1.54) is 44.9 Å². The van der Waals surface area contributed by atoms with Gasteiger partial charge in [-0.15, -0.1) is 0 Å². The molecular formula is C13H27NO. The monoisotopic (exact) mass is 213 g/mol. The fourth-order valence-corrected chi connectivity index (χ4v) is 1.96. The van der Waals surface area contributed by atoms with Crippen LogP contribution in [0.25, 0.3) is 0 Å². The van der Waals surface area contributed by atoms with E-state index >= 15 is 0 Å². The van der Waals surface area contributed by atoms with Crippen molar-refractivity contribution in [3.05, 3.63) is 0 Å². The van der Waals surface area contributed by atoms with Crippen LogP contribution in [0.4, 0.5) is 0 Å². The average Bonchev–Trinajstić information content (AvgIpc) is 2.19. The van der Waals surface area contributed by atoms with Gasteiger partial charge in [0.15, 0.2) is 0 Å². The van der Waals surface area contributed by atoms with Crippen LogP contribution in [0.5, 0.6) is 0 Å². The quantitative estimate of drug-likeness (QED) is 0.594. The molecule has 0 spiro atoms. The molecule has 1 N–H and O–H groups in total. The standard InChI is InChI=1S/C13H27NO/c1-3-4-5-6-7-8-9-10-15-13(2)11-14-12-13/h14H,3-12H2,1-2H3. The van der Waals surface area contributed by atoms with Crippen LogP contribution in [0, 0.1) is 0 Å². The van der Waals surface area contributed by atoms with E-state index in [4.69, 9.17) is 4.74 Å². The molecule has 90 valence electrons. The molecule has 0 unspecified atom stereocenters. The lowest BCUT2D eigenvalue weighted by Gasteiger charge is -2.39. The van der Waals surface area contributed by atoms with Gasteiger partial charge in [0, 0.05) is 19.7 Å². The summed E-state index contributed by atoms with van der Waals surface area (Å²) in [6, 6.07) is 0. The van der Waals surface area contributed by atoms with Crippen LogP contribution in [-0.4, -0.2) is 25.3 Å². The molecule has 1 aliphatic heterocycles. The molecule has 2 nitrogen and oxygen atoms in total. The summed E-state index contributed by atoms with van der Waals surface area (Å²) in [5.74, 6) is 0. The Morgan fingerprint density at radius 3 is 2.13 bits per heavy atom. The largest absolute Gasteiger partial charge is 0.373 e. The highest BCUT2D eigenvalue weighted by atomic mass is 16.5. The fraction of sp³-hybridized carbons (Fsp3) is 1.00. The molecule has 0 atom stereocenters. The second kappa shape index (κ2) is 7.24. The first kappa shape index (κ1) is 13.0. The third-order valence-corrected chi connectivity index (χ3v) is 3.20. The Morgan fingerprint density at radius 2 is 1.60 bits per heavy atom. The molecule has 0 aromatic heterocycles. The molecule has 0 aromatic carbocycles. The molecule has 15 heavy (non-hydrogen) atoms. The second-order valence-electron chi connectivity index (χ2n) is 5.02. The first-order chi connectivity index (χ1) is 7.27. The lowest BCUT2D eigenvalue weighted by atomic mass is 10.00. The lowest BCUT2D eigenvalue weighted by Crippen LogP contribution is -2.59. The normalized spacial score (nSPS) is 18.8. The summed E-state index contributed by atoms with van der Waals surface area (Å²) in [4.78, 5) is 0. The molecule has 0 radical (unpaired) electrons. The molecule has 0 saturated carbocycles. The summed E-state index contributed by atoms with van der Waals surface area (Å²) >= 11 is 0. The predicted molar refractivity (Wildman–Crippen MR) is 65.2 cm³/mol. The maximum atomic E-state index is 5.83. The van der Waals surface area contributed by atoms with Crippen molar-refractivity contribution in [2.75, 3.05) is 19.7 Å². The van der Waals surface area contributed by atoms with Gasteiger partial charge in [0.2, 0.25) is 0 Å². The predicted octanol–water partition coefficient (Wildman–Crippen LogP) is 3.12. The van der Waals surface area contributed by atoms with Crippen molar-refractivity contribution in [3.63, 3.8) is 0 Å². The average molecular weight is 213 g/mol. The number of unbranched alkanes of at least 4 members (excludes halogenated alkanes) is 6. The van der Waals surface area contributed by atoms with E-state index in [0.29, 0.717) is 0 Å². The third-order valence-electron chi connectivity index (χ3n) is 3.20. The zero-order chi connectivity index (χ0) is 11.0. The Morgan fingerprint density at radius 1 is 1.00 bits per heavy atom. The van der Waals surface area contributed by atoms with Crippen molar-refractivity contribution < 1.29 is 4.74 Å². The second-order valence-corrected chi connectivity index (χ2v) is 5.02. The zero-order valence-electron chi connectivity index (χ0n) is 10.5. The van der Waals surface area contributed by atoms with Gasteiger partial charge in [0.1, 0.15) is 0 Å². The van der Waals surface area contributed by atoms with Gasteiger partial charge in [-0.2, -0.15) is 0 Å². The molecule has 0 aromatic rings. The van der Waals surface area contributed by atoms with Gasteiger partial charge >= 0.3 is 0 Å². The minimum absolute atomic E-state index is 0.155. The van der Waals surface area contributed by atoms with Crippen molar-refractivity contribution in [2.45, 2.75) is 64.4 Å². The summed E-state index contributed by atoms with van der Waals surface area (Å²) in [6.45, 7) is 7.48. The molecule has 0 amide bonds. The summed E-state index contributed by atoms with van der Waals surface area (Å²) in [6.07, 6.45) is 9.54. The summed E-state index contributed by atoms with van der Waals surface area (Å²) in [7, 11) is 0. The highest BCUT2D eigenvalue weighted by Crippen LogP contribution is 2.16. The molecule has 1 heterocycles. The molecule has 1 fully saturated rings. The number of hydrogen-bond donors (Lipinski definition) is 1. The fourth-order valence-electron chi connectivity index (χ4n) is 1.96. The molecular weight excluding hydrogens is 186 g/mol. The van der Waals surface area contributed by atoms with Crippen LogP contribution < -0.4 is 5.32 Å². The topological polar surface area (TPSA) is 21.3 Å². The van der Waals surface area contributed by atoms with E-state index < -0.39 is 0 Å². The van der Waals surface area contributed by atoms with Crippen molar-refractivity contribution in [1.82, 2.24) is 5.32 Å². The highest BCUT2D eigenvalue weighted by Gasteiger charge is 2.31. The molecule has 1 rings (SSSR count). The maximum Gasteiger partial charge on any atom is 0.0901 e. The number of ether oxygens (including phenoxy) is 1. The van der Waals surface area contributed by atoms with Crippen LogP contribution in [0.15, 0.2) is 0 Å². The van der Waals surface area contributed by atoms with Gasteiger partial charge < -0.3 is 10.1 Å². The summed E-state index contributed by atoms with van der Waals surface area (Å²) in [5, 5.41) is 3.25. The van der Waals surface area contributed by atoms with Crippen molar-refractivity contribution >= 4 is 0 Å². The van der Waals surface area contributed by atoms with Crippen molar-refractivity contribution in [2.24, 2.45) is 0 Å². The Hall–Kier alpha value is -0.0800. The van der Waals surface area contributed by atoms with E-state index in [1.807, 2.05) is 0 Å². The SMILES string of the molecule is CCCCCCCCCOC1(C)CNC1. The van der Waals surface area contributed by atoms with Crippen LogP contribution in [-0.2, 0) is 4.74 Å². The molecule has 0 aliphatic carbocycles. The number of nitrogens with one attached hydrogen (secondary N) is 1. The van der Waals surface area contributed by atoms with E-state index in [2.05, 4.69) is 19.2 Å². The highest BCUT2D eigenvalue weighted by molar-refractivity contribution is 4.89. The van der Waals surface area contributed by atoms with Crippen LogP contribution in [0.3, 0.4) is 0 Å². The Bertz CT molecular complexity index is 155. The number of rotatable bonds is 9. The van der Waals surface area contributed by atoms with Gasteiger partial charge in [0.25, 0.3) is 0 Å². The molecule has 1 aliphatic rings. The van der Waals surface area contributed by atoms with Crippen LogP contribution in [0.2, 0.25) is 0 Å². The van der Waals surface area contributed by atoms with Crippen molar-refractivity contribution in [1.29, 1.82) is 0 Å². The molecule has 0 bridgehead atoms. The third kappa shape index (κ3) is 5.53. The van der Waals surface area contributed by atoms with E-state index in [-0.39, 0.29) is 5.60 Å². The van der Waals surface area contributed by atoms with Gasteiger partial charge in [-0.3, -0.25) is 0 Å². The molecule has 2 heteroatoms. The molecule has 1 saturated heterocycles. The van der Waals surface area contributed by atoms with E-state index in [1.54, 1.807) is 0 Å². The maximum absolute atomic E-state index is 5.83. The lowest BCUT2D eigenvalue weighted by molar-refractivity contribution is -0.0677. The number of hydrogen-bond acceptors (Lipinski definition) is 2. The zero-order valence-corrected chi connectivity index (χ0v) is 10.5.